The van der Waals surface area contributed by atoms with Crippen molar-refractivity contribution in [2.24, 2.45) is 7.05 Å². The Hall–Kier alpha value is -2.23. The number of hydrogen-bond donors (Lipinski definition) is 1. The predicted octanol–water partition coefficient (Wildman–Crippen LogP) is 2.42. The van der Waals surface area contributed by atoms with E-state index in [-0.39, 0.29) is 0 Å². The second kappa shape index (κ2) is 3.13. The van der Waals surface area contributed by atoms with E-state index in [1.54, 1.807) is 6.20 Å². The maximum atomic E-state index is 5.69. The van der Waals surface area contributed by atoms with Crippen molar-refractivity contribution in [2.75, 3.05) is 5.73 Å². The minimum Gasteiger partial charge on any atom is -0.367 e. The second-order valence-electron chi connectivity index (χ2n) is 3.80. The van der Waals surface area contributed by atoms with Gasteiger partial charge in [-0.05, 0) is 23.8 Å². The minimum atomic E-state index is 0.357. The van der Waals surface area contributed by atoms with Crippen LogP contribution in [0.2, 0.25) is 0 Å². The normalized spacial score (nSPS) is 11.1. The summed E-state index contributed by atoms with van der Waals surface area (Å²) in [6.45, 7) is 0. The molecule has 2 N–H and O–H groups in total. The molecule has 1 aromatic carbocycles. The van der Waals surface area contributed by atoms with Crippen molar-refractivity contribution in [1.29, 1.82) is 0 Å². The number of rotatable bonds is 1. The van der Waals surface area contributed by atoms with Crippen LogP contribution < -0.4 is 5.73 Å². The summed E-state index contributed by atoms with van der Waals surface area (Å²) in [5.41, 5.74) is 8.74. The van der Waals surface area contributed by atoms with Crippen molar-refractivity contribution in [3.63, 3.8) is 0 Å². The van der Waals surface area contributed by atoms with Crippen LogP contribution in [-0.2, 0) is 7.05 Å². The molecule has 3 aromatic rings. The Bertz CT molecular complexity index is 651. The zero-order valence-corrected chi connectivity index (χ0v) is 8.84. The molecule has 16 heavy (non-hydrogen) atoms. The molecule has 0 amide bonds. The molecule has 0 aliphatic carbocycles. The summed E-state index contributed by atoms with van der Waals surface area (Å²) in [7, 11) is 2.02. The maximum Gasteiger partial charge on any atom is 0.229 e. The topological polar surface area (TPSA) is 57.0 Å². The molecule has 2 aromatic heterocycles. The molecule has 0 radical (unpaired) electrons. The molecule has 80 valence electrons. The zero-order valence-electron chi connectivity index (χ0n) is 8.84. The van der Waals surface area contributed by atoms with Gasteiger partial charge in [-0.1, -0.05) is 11.2 Å². The van der Waals surface area contributed by atoms with Gasteiger partial charge in [0.15, 0.2) is 0 Å². The highest BCUT2D eigenvalue weighted by Gasteiger charge is 2.08. The Labute approximate surface area is 92.3 Å². The fourth-order valence-corrected chi connectivity index (χ4v) is 1.91. The molecule has 3 rings (SSSR count). The number of fused-ring (bicyclic) bond motifs is 1. The first-order chi connectivity index (χ1) is 7.75. The van der Waals surface area contributed by atoms with Gasteiger partial charge in [0.05, 0.1) is 11.8 Å². The molecule has 0 aliphatic rings. The van der Waals surface area contributed by atoms with Gasteiger partial charge < -0.3 is 14.8 Å². The Kier molecular flexibility index (Phi) is 1.77. The number of nitrogens with zero attached hydrogens (tertiary/aromatic N) is 2. The summed E-state index contributed by atoms with van der Waals surface area (Å²) < 4.78 is 6.94. The standard InChI is InChI=1S/C12H11N3O/c1-15-5-4-9-6-8(2-3-11(9)15)10-7-14-16-12(10)13/h2-7H,13H2,1H3. The van der Waals surface area contributed by atoms with Crippen LogP contribution in [0.15, 0.2) is 41.2 Å². The number of anilines is 1. The van der Waals surface area contributed by atoms with Crippen molar-refractivity contribution in [3.05, 3.63) is 36.7 Å². The van der Waals surface area contributed by atoms with Crippen LogP contribution in [0.3, 0.4) is 0 Å². The molecule has 0 bridgehead atoms. The number of nitrogen functional groups attached to an aromatic ring is 1. The van der Waals surface area contributed by atoms with Gasteiger partial charge in [0.1, 0.15) is 0 Å². The van der Waals surface area contributed by atoms with Crippen molar-refractivity contribution in [2.45, 2.75) is 0 Å². The summed E-state index contributed by atoms with van der Waals surface area (Å²) in [4.78, 5) is 0. The van der Waals surface area contributed by atoms with Gasteiger partial charge >= 0.3 is 0 Å². The third-order valence-corrected chi connectivity index (χ3v) is 2.79. The zero-order chi connectivity index (χ0) is 11.1. The summed E-state index contributed by atoms with van der Waals surface area (Å²) in [5.74, 6) is 0.357. The Morgan fingerprint density at radius 2 is 2.19 bits per heavy atom. The highest BCUT2D eigenvalue weighted by atomic mass is 16.5. The molecule has 0 aliphatic heterocycles. The first-order valence-electron chi connectivity index (χ1n) is 5.01. The predicted molar refractivity (Wildman–Crippen MR) is 62.8 cm³/mol. The lowest BCUT2D eigenvalue weighted by molar-refractivity contribution is 0.436. The molecule has 4 nitrogen and oxygen atoms in total. The van der Waals surface area contributed by atoms with E-state index < -0.39 is 0 Å². The lowest BCUT2D eigenvalue weighted by Crippen LogP contribution is -1.86. The first-order valence-corrected chi connectivity index (χ1v) is 5.01. The van der Waals surface area contributed by atoms with Crippen LogP contribution in [0.25, 0.3) is 22.0 Å². The summed E-state index contributed by atoms with van der Waals surface area (Å²) in [5, 5.41) is 4.86. The van der Waals surface area contributed by atoms with Gasteiger partial charge in [0.25, 0.3) is 0 Å². The van der Waals surface area contributed by atoms with Gasteiger partial charge in [-0.3, -0.25) is 0 Å². The molecule has 2 heterocycles. The van der Waals surface area contributed by atoms with Gasteiger partial charge in [0, 0.05) is 24.1 Å². The summed E-state index contributed by atoms with van der Waals surface area (Å²) in [6.07, 6.45) is 3.67. The highest BCUT2D eigenvalue weighted by molar-refractivity contribution is 5.87. The van der Waals surface area contributed by atoms with Crippen LogP contribution in [-0.4, -0.2) is 9.72 Å². The van der Waals surface area contributed by atoms with Crippen molar-refractivity contribution in [1.82, 2.24) is 9.72 Å². The summed E-state index contributed by atoms with van der Waals surface area (Å²) >= 11 is 0. The SMILES string of the molecule is Cn1ccc2cc(-c3cnoc3N)ccc21. The van der Waals surface area contributed by atoms with Crippen molar-refractivity contribution < 1.29 is 4.52 Å². The van der Waals surface area contributed by atoms with Crippen molar-refractivity contribution in [3.8, 4) is 11.1 Å². The number of aromatic nitrogens is 2. The second-order valence-corrected chi connectivity index (χ2v) is 3.80. The third kappa shape index (κ3) is 1.20. The molecular weight excluding hydrogens is 202 g/mol. The van der Waals surface area contributed by atoms with E-state index in [0.717, 1.165) is 11.1 Å². The lowest BCUT2D eigenvalue weighted by atomic mass is 10.1. The van der Waals surface area contributed by atoms with Crippen LogP contribution >= 0.6 is 0 Å². The van der Waals surface area contributed by atoms with Gasteiger partial charge in [0.2, 0.25) is 5.88 Å². The monoisotopic (exact) mass is 213 g/mol. The van der Waals surface area contributed by atoms with E-state index in [0.29, 0.717) is 5.88 Å². The largest absolute Gasteiger partial charge is 0.367 e. The van der Waals surface area contributed by atoms with E-state index in [1.165, 1.54) is 10.9 Å². The molecule has 0 unspecified atom stereocenters. The Balaban J connectivity index is 2.23. The molecule has 0 spiro atoms. The molecule has 0 atom stereocenters. The van der Waals surface area contributed by atoms with Gasteiger partial charge in [-0.15, -0.1) is 0 Å². The molecular formula is C12H11N3O. The highest BCUT2D eigenvalue weighted by Crippen LogP contribution is 2.28. The first kappa shape index (κ1) is 9.03. The fourth-order valence-electron chi connectivity index (χ4n) is 1.91. The van der Waals surface area contributed by atoms with E-state index in [9.17, 15) is 0 Å². The van der Waals surface area contributed by atoms with Crippen molar-refractivity contribution >= 4 is 16.8 Å². The van der Waals surface area contributed by atoms with Crippen LogP contribution in [0, 0.1) is 0 Å². The average molecular weight is 213 g/mol. The number of nitrogens with two attached hydrogens (primary N) is 1. The third-order valence-electron chi connectivity index (χ3n) is 2.79. The van der Waals surface area contributed by atoms with Gasteiger partial charge in [-0.2, -0.15) is 0 Å². The van der Waals surface area contributed by atoms with Crippen LogP contribution in [0.1, 0.15) is 0 Å². The van der Waals surface area contributed by atoms with Gasteiger partial charge in [-0.25, -0.2) is 0 Å². The number of aryl methyl sites for hydroxylation is 1. The quantitative estimate of drug-likeness (QED) is 0.675. The molecule has 0 saturated heterocycles. The summed E-state index contributed by atoms with van der Waals surface area (Å²) in [6, 6.07) is 8.24. The van der Waals surface area contributed by atoms with E-state index >= 15 is 0 Å². The molecule has 0 fully saturated rings. The number of benzene rings is 1. The van der Waals surface area contributed by atoms with Crippen LogP contribution in [0.4, 0.5) is 5.88 Å². The Morgan fingerprint density at radius 3 is 2.94 bits per heavy atom. The van der Waals surface area contributed by atoms with E-state index in [1.807, 2.05) is 19.3 Å². The Morgan fingerprint density at radius 1 is 1.31 bits per heavy atom. The lowest BCUT2D eigenvalue weighted by Gasteiger charge is -2.00. The van der Waals surface area contributed by atoms with E-state index in [2.05, 4.69) is 27.9 Å². The molecule has 4 heteroatoms. The van der Waals surface area contributed by atoms with E-state index in [4.69, 9.17) is 10.3 Å². The maximum absolute atomic E-state index is 5.69. The smallest absolute Gasteiger partial charge is 0.229 e. The molecule has 0 saturated carbocycles. The number of hydrogen-bond acceptors (Lipinski definition) is 3. The fraction of sp³-hybridized carbons (Fsp3) is 0.0833. The minimum absolute atomic E-state index is 0.357. The van der Waals surface area contributed by atoms with Crippen LogP contribution in [0.5, 0.6) is 0 Å². The average Bonchev–Trinajstić information content (AvgIpc) is 2.86.